The van der Waals surface area contributed by atoms with Gasteiger partial charge in [0.1, 0.15) is 6.04 Å². The molecule has 3 aromatic rings. The Balaban J connectivity index is 1.45. The summed E-state index contributed by atoms with van der Waals surface area (Å²) >= 11 is 0. The summed E-state index contributed by atoms with van der Waals surface area (Å²) in [5, 5.41) is 19.7. The number of nitrogens with one attached hydrogen (secondary N) is 3. The van der Waals surface area contributed by atoms with Crippen LogP contribution in [0.25, 0.3) is 10.8 Å². The lowest BCUT2D eigenvalue weighted by atomic mass is 10.1. The first kappa shape index (κ1) is 20.3. The average molecular weight is 421 g/mol. The monoisotopic (exact) mass is 421 g/mol. The number of nitrogens with two attached hydrogens (primary N) is 1. The van der Waals surface area contributed by atoms with E-state index in [1.54, 1.807) is 30.5 Å². The summed E-state index contributed by atoms with van der Waals surface area (Å²) in [5.41, 5.74) is 8.82. The van der Waals surface area contributed by atoms with Gasteiger partial charge in [0.15, 0.2) is 5.88 Å². The van der Waals surface area contributed by atoms with Gasteiger partial charge < -0.3 is 26.0 Å². The zero-order valence-electron chi connectivity index (χ0n) is 16.9. The Kier molecular flexibility index (Phi) is 5.24. The van der Waals surface area contributed by atoms with E-state index in [-0.39, 0.29) is 30.8 Å². The normalized spacial score (nSPS) is 16.2. The second kappa shape index (κ2) is 8.02. The van der Waals surface area contributed by atoms with Gasteiger partial charge in [-0.3, -0.25) is 14.9 Å². The number of nitrogen functional groups attached to an aromatic ring is 1. The Morgan fingerprint density at radius 2 is 2.06 bits per heavy atom. The topological polar surface area (TPSA) is 138 Å². The van der Waals surface area contributed by atoms with Crippen molar-refractivity contribution in [3.8, 4) is 5.88 Å². The molecule has 0 saturated carbocycles. The Hall–Kier alpha value is -4.01. The lowest BCUT2D eigenvalue weighted by Crippen LogP contribution is -2.41. The van der Waals surface area contributed by atoms with Crippen molar-refractivity contribution in [1.29, 1.82) is 0 Å². The van der Waals surface area contributed by atoms with E-state index in [1.807, 2.05) is 19.1 Å². The second-order valence-electron chi connectivity index (χ2n) is 7.63. The first-order chi connectivity index (χ1) is 14.8. The SMILES string of the molecule is Cc1ccc(NC(=O)NCc2ccc3c(O)n(C4CCC(=O)NC4=O)cc3c2)cc1N. The van der Waals surface area contributed by atoms with E-state index < -0.39 is 11.9 Å². The van der Waals surface area contributed by atoms with E-state index in [0.717, 1.165) is 16.5 Å². The molecule has 2 aromatic carbocycles. The Morgan fingerprint density at radius 1 is 1.26 bits per heavy atom. The molecule has 2 heterocycles. The second-order valence-corrected chi connectivity index (χ2v) is 7.63. The number of aromatic hydroxyl groups is 1. The number of nitrogens with zero attached hydrogens (tertiary/aromatic N) is 1. The fourth-order valence-electron chi connectivity index (χ4n) is 3.64. The predicted octanol–water partition coefficient (Wildman–Crippen LogP) is 2.54. The number of hydrogen-bond donors (Lipinski definition) is 5. The van der Waals surface area contributed by atoms with Crippen molar-refractivity contribution in [2.45, 2.75) is 32.4 Å². The minimum absolute atomic E-state index is 0.0290. The first-order valence-corrected chi connectivity index (χ1v) is 9.89. The summed E-state index contributed by atoms with van der Waals surface area (Å²) in [5.74, 6) is -0.765. The van der Waals surface area contributed by atoms with Crippen molar-refractivity contribution < 1.29 is 19.5 Å². The van der Waals surface area contributed by atoms with Gasteiger partial charge in [0.25, 0.3) is 0 Å². The number of anilines is 2. The van der Waals surface area contributed by atoms with E-state index in [2.05, 4.69) is 16.0 Å². The molecule has 0 bridgehead atoms. The molecule has 4 amide bonds. The molecule has 31 heavy (non-hydrogen) atoms. The van der Waals surface area contributed by atoms with E-state index in [4.69, 9.17) is 5.73 Å². The highest BCUT2D eigenvalue weighted by Crippen LogP contribution is 2.33. The number of urea groups is 1. The largest absolute Gasteiger partial charge is 0.494 e. The molecular formula is C22H23N5O4. The lowest BCUT2D eigenvalue weighted by molar-refractivity contribution is -0.135. The number of carbonyl (C=O) groups excluding carboxylic acids is 3. The number of aromatic nitrogens is 1. The lowest BCUT2D eigenvalue weighted by Gasteiger charge is -2.22. The summed E-state index contributed by atoms with van der Waals surface area (Å²) in [7, 11) is 0. The third-order valence-electron chi connectivity index (χ3n) is 5.42. The fraction of sp³-hybridized carbons (Fsp3) is 0.227. The number of hydrogen-bond acceptors (Lipinski definition) is 5. The Bertz CT molecular complexity index is 1200. The standard InChI is InChI=1S/C22H23N5O4/c1-12-2-4-15(9-17(12)23)25-22(31)24-10-13-3-5-16-14(8-13)11-27(21(16)30)18-6-7-19(28)26-20(18)29/h2-5,8-9,11,18,30H,6-7,10,23H2,1H3,(H2,24,25,31)(H,26,28,29). The van der Waals surface area contributed by atoms with Gasteiger partial charge in [0.05, 0.1) is 0 Å². The maximum Gasteiger partial charge on any atom is 0.319 e. The molecule has 160 valence electrons. The van der Waals surface area contributed by atoms with Gasteiger partial charge in [0, 0.05) is 41.3 Å². The molecule has 1 saturated heterocycles. The van der Waals surface area contributed by atoms with Crippen LogP contribution in [0.3, 0.4) is 0 Å². The van der Waals surface area contributed by atoms with Crippen LogP contribution in [0.15, 0.2) is 42.6 Å². The van der Waals surface area contributed by atoms with Gasteiger partial charge >= 0.3 is 6.03 Å². The van der Waals surface area contributed by atoms with E-state index >= 15 is 0 Å². The van der Waals surface area contributed by atoms with Crippen LogP contribution in [0.5, 0.6) is 5.88 Å². The highest BCUT2D eigenvalue weighted by molar-refractivity contribution is 6.00. The fourth-order valence-corrected chi connectivity index (χ4v) is 3.64. The molecule has 6 N–H and O–H groups in total. The number of aryl methyl sites for hydroxylation is 1. The van der Waals surface area contributed by atoms with Crippen LogP contribution in [0.4, 0.5) is 16.2 Å². The number of fused-ring (bicyclic) bond motifs is 1. The molecule has 9 nitrogen and oxygen atoms in total. The molecule has 9 heteroatoms. The number of benzene rings is 2. The molecule has 0 aliphatic carbocycles. The zero-order chi connectivity index (χ0) is 22.1. The van der Waals surface area contributed by atoms with E-state index in [9.17, 15) is 19.5 Å². The van der Waals surface area contributed by atoms with E-state index in [0.29, 0.717) is 23.2 Å². The van der Waals surface area contributed by atoms with Crippen LogP contribution >= 0.6 is 0 Å². The van der Waals surface area contributed by atoms with Crippen LogP contribution in [-0.4, -0.2) is 27.5 Å². The summed E-state index contributed by atoms with van der Waals surface area (Å²) in [4.78, 5) is 35.7. The zero-order valence-corrected chi connectivity index (χ0v) is 16.9. The molecular weight excluding hydrogens is 398 g/mol. The van der Waals surface area contributed by atoms with Gasteiger partial charge in [-0.1, -0.05) is 12.1 Å². The minimum atomic E-state index is -0.639. The minimum Gasteiger partial charge on any atom is -0.494 e. The highest BCUT2D eigenvalue weighted by atomic mass is 16.3. The molecule has 1 unspecified atom stereocenters. The number of rotatable bonds is 4. The van der Waals surface area contributed by atoms with Crippen LogP contribution in [0, 0.1) is 6.92 Å². The van der Waals surface area contributed by atoms with Crippen LogP contribution in [-0.2, 0) is 16.1 Å². The molecule has 0 radical (unpaired) electrons. The number of carbonyl (C=O) groups is 3. The van der Waals surface area contributed by atoms with Crippen LogP contribution in [0.2, 0.25) is 0 Å². The molecule has 1 aliphatic rings. The van der Waals surface area contributed by atoms with Gasteiger partial charge in [-0.15, -0.1) is 0 Å². The maximum atomic E-state index is 12.2. The molecule has 4 rings (SSSR count). The van der Waals surface area contributed by atoms with Crippen LogP contribution in [0.1, 0.15) is 30.0 Å². The molecule has 1 atom stereocenters. The van der Waals surface area contributed by atoms with Gasteiger partial charge in [-0.2, -0.15) is 0 Å². The van der Waals surface area contributed by atoms with Crippen molar-refractivity contribution in [2.75, 3.05) is 11.1 Å². The van der Waals surface area contributed by atoms with Crippen molar-refractivity contribution in [3.63, 3.8) is 0 Å². The summed E-state index contributed by atoms with van der Waals surface area (Å²) in [6.45, 7) is 2.16. The Morgan fingerprint density at radius 3 is 2.81 bits per heavy atom. The third-order valence-corrected chi connectivity index (χ3v) is 5.42. The van der Waals surface area contributed by atoms with Crippen LogP contribution < -0.4 is 21.7 Å². The quantitative estimate of drug-likeness (QED) is 0.325. The first-order valence-electron chi connectivity index (χ1n) is 9.89. The van der Waals surface area contributed by atoms with Gasteiger partial charge in [-0.05, 0) is 48.7 Å². The van der Waals surface area contributed by atoms with Gasteiger partial charge in [-0.25, -0.2) is 4.79 Å². The summed E-state index contributed by atoms with van der Waals surface area (Å²) < 4.78 is 1.48. The van der Waals surface area contributed by atoms with Crippen molar-refractivity contribution >= 4 is 40.0 Å². The number of imide groups is 1. The number of amides is 4. The third kappa shape index (κ3) is 4.16. The average Bonchev–Trinajstić information content (AvgIpc) is 3.05. The van der Waals surface area contributed by atoms with E-state index in [1.165, 1.54) is 4.57 Å². The molecule has 0 spiro atoms. The summed E-state index contributed by atoms with van der Waals surface area (Å²) in [6.07, 6.45) is 2.24. The smallest absolute Gasteiger partial charge is 0.319 e. The van der Waals surface area contributed by atoms with Crippen molar-refractivity contribution in [3.05, 3.63) is 53.7 Å². The highest BCUT2D eigenvalue weighted by Gasteiger charge is 2.30. The van der Waals surface area contributed by atoms with Gasteiger partial charge in [0.2, 0.25) is 11.8 Å². The maximum absolute atomic E-state index is 12.2. The number of piperidine rings is 1. The van der Waals surface area contributed by atoms with Crippen molar-refractivity contribution in [2.24, 2.45) is 0 Å². The Labute approximate surface area is 178 Å². The summed E-state index contributed by atoms with van der Waals surface area (Å²) in [6, 6.07) is 9.66. The predicted molar refractivity (Wildman–Crippen MR) is 116 cm³/mol. The molecule has 1 aromatic heterocycles. The molecule has 1 fully saturated rings. The van der Waals surface area contributed by atoms with Crippen molar-refractivity contribution in [1.82, 2.24) is 15.2 Å². The molecule has 1 aliphatic heterocycles.